The first-order valence-electron chi connectivity index (χ1n) is 6.57. The summed E-state index contributed by atoms with van der Waals surface area (Å²) in [7, 11) is 0. The van der Waals surface area contributed by atoms with Crippen LogP contribution in [0.5, 0.6) is 5.75 Å². The lowest BCUT2D eigenvalue weighted by atomic mass is 9.95. The van der Waals surface area contributed by atoms with Crippen molar-refractivity contribution in [2.24, 2.45) is 5.73 Å². The minimum Gasteiger partial charge on any atom is -0.508 e. The summed E-state index contributed by atoms with van der Waals surface area (Å²) in [6.45, 7) is 9.16. The highest BCUT2D eigenvalue weighted by Crippen LogP contribution is 2.25. The highest BCUT2D eigenvalue weighted by atomic mass is 16.6. The minimum absolute atomic E-state index is 0.138. The molecule has 0 aromatic heterocycles. The van der Waals surface area contributed by atoms with Crippen LogP contribution in [0.15, 0.2) is 18.2 Å². The fourth-order valence-corrected chi connectivity index (χ4v) is 1.75. The van der Waals surface area contributed by atoms with Crippen LogP contribution in [0.4, 0.5) is 10.5 Å². The molecule has 0 unspecified atom stereocenters. The van der Waals surface area contributed by atoms with E-state index in [1.165, 1.54) is 6.07 Å². The van der Waals surface area contributed by atoms with E-state index in [4.69, 9.17) is 10.5 Å². The fraction of sp³-hybridized carbons (Fsp3) is 0.533. The molecule has 0 bridgehead atoms. The number of benzene rings is 1. The van der Waals surface area contributed by atoms with Gasteiger partial charge >= 0.3 is 6.09 Å². The highest BCUT2D eigenvalue weighted by Gasteiger charge is 2.19. The van der Waals surface area contributed by atoms with Crippen LogP contribution in [-0.2, 0) is 11.2 Å². The molecule has 1 aromatic rings. The van der Waals surface area contributed by atoms with Crippen LogP contribution in [-0.4, -0.2) is 22.3 Å². The molecule has 0 atom stereocenters. The third kappa shape index (κ3) is 5.93. The Morgan fingerprint density at radius 1 is 1.30 bits per heavy atom. The molecule has 0 aliphatic carbocycles. The molecular formula is C15H24N2O3. The molecule has 0 heterocycles. The van der Waals surface area contributed by atoms with E-state index in [-0.39, 0.29) is 5.75 Å². The van der Waals surface area contributed by atoms with Crippen LogP contribution in [0.25, 0.3) is 0 Å². The van der Waals surface area contributed by atoms with E-state index < -0.39 is 17.2 Å². The number of amides is 1. The summed E-state index contributed by atoms with van der Waals surface area (Å²) in [6, 6.07) is 4.75. The molecule has 20 heavy (non-hydrogen) atoms. The van der Waals surface area contributed by atoms with Crippen LogP contribution in [0.2, 0.25) is 0 Å². The summed E-state index contributed by atoms with van der Waals surface area (Å²) in [6.07, 6.45) is -0.00809. The topological polar surface area (TPSA) is 84.6 Å². The number of phenolic OH excluding ortho intramolecular Hbond substituents is 1. The van der Waals surface area contributed by atoms with Gasteiger partial charge in [0.2, 0.25) is 0 Å². The monoisotopic (exact) mass is 280 g/mol. The van der Waals surface area contributed by atoms with Crippen molar-refractivity contribution in [1.29, 1.82) is 0 Å². The average Bonchev–Trinajstić information content (AvgIpc) is 2.17. The van der Waals surface area contributed by atoms with Crippen LogP contribution < -0.4 is 11.1 Å². The van der Waals surface area contributed by atoms with E-state index in [0.717, 1.165) is 5.56 Å². The quantitative estimate of drug-likeness (QED) is 0.743. The number of hydrogen-bond donors (Lipinski definition) is 3. The SMILES string of the molecule is CC(C)(N)Cc1cc(O)ccc1NC(=O)OC(C)(C)C. The lowest BCUT2D eigenvalue weighted by Crippen LogP contribution is -2.35. The van der Waals surface area contributed by atoms with Crippen molar-refractivity contribution >= 4 is 11.8 Å². The molecule has 0 aliphatic heterocycles. The molecular weight excluding hydrogens is 256 g/mol. The first-order chi connectivity index (χ1) is 8.96. The first kappa shape index (κ1) is 16.3. The minimum atomic E-state index is -0.561. The highest BCUT2D eigenvalue weighted by molar-refractivity contribution is 5.86. The molecule has 5 nitrogen and oxygen atoms in total. The van der Waals surface area contributed by atoms with Gasteiger partial charge in [0.25, 0.3) is 0 Å². The normalized spacial score (nSPS) is 12.1. The van der Waals surface area contributed by atoms with Gasteiger partial charge < -0.3 is 15.6 Å². The van der Waals surface area contributed by atoms with Gasteiger partial charge in [-0.1, -0.05) is 0 Å². The van der Waals surface area contributed by atoms with Crippen molar-refractivity contribution < 1.29 is 14.6 Å². The van der Waals surface area contributed by atoms with E-state index in [9.17, 15) is 9.90 Å². The van der Waals surface area contributed by atoms with Gasteiger partial charge in [0, 0.05) is 11.2 Å². The van der Waals surface area contributed by atoms with Crippen molar-refractivity contribution in [3.63, 3.8) is 0 Å². The predicted octanol–water partition coefficient (Wildman–Crippen LogP) is 3.02. The van der Waals surface area contributed by atoms with Crippen LogP contribution in [0, 0.1) is 0 Å². The molecule has 1 amide bonds. The number of rotatable bonds is 3. The van der Waals surface area contributed by atoms with Gasteiger partial charge in [-0.2, -0.15) is 0 Å². The number of phenols is 1. The second kappa shape index (κ2) is 5.71. The van der Waals surface area contributed by atoms with Gasteiger partial charge in [-0.05, 0) is 64.8 Å². The third-order valence-electron chi connectivity index (χ3n) is 2.37. The molecule has 0 saturated heterocycles. The maximum absolute atomic E-state index is 11.8. The van der Waals surface area contributed by atoms with E-state index >= 15 is 0 Å². The van der Waals surface area contributed by atoms with E-state index in [0.29, 0.717) is 12.1 Å². The molecule has 0 saturated carbocycles. The molecule has 0 aliphatic rings. The van der Waals surface area contributed by atoms with Crippen molar-refractivity contribution in [2.75, 3.05) is 5.32 Å². The Morgan fingerprint density at radius 2 is 1.90 bits per heavy atom. The lowest BCUT2D eigenvalue weighted by Gasteiger charge is -2.23. The summed E-state index contributed by atoms with van der Waals surface area (Å²) in [5.41, 5.74) is 6.35. The fourth-order valence-electron chi connectivity index (χ4n) is 1.75. The van der Waals surface area contributed by atoms with Crippen LogP contribution >= 0.6 is 0 Å². The van der Waals surface area contributed by atoms with E-state index in [1.54, 1.807) is 32.9 Å². The van der Waals surface area contributed by atoms with Gasteiger partial charge in [0.15, 0.2) is 0 Å². The zero-order chi connectivity index (χ0) is 15.6. The number of nitrogens with one attached hydrogen (secondary N) is 1. The first-order valence-corrected chi connectivity index (χ1v) is 6.57. The Labute approximate surface area is 120 Å². The zero-order valence-electron chi connectivity index (χ0n) is 12.8. The molecule has 4 N–H and O–H groups in total. The Morgan fingerprint density at radius 3 is 2.40 bits per heavy atom. The number of carbonyl (C=O) groups excluding carboxylic acids is 1. The van der Waals surface area contributed by atoms with Gasteiger partial charge in [0.1, 0.15) is 11.4 Å². The summed E-state index contributed by atoms with van der Waals surface area (Å²) >= 11 is 0. The summed E-state index contributed by atoms with van der Waals surface area (Å²) in [4.78, 5) is 11.8. The number of nitrogens with two attached hydrogens (primary N) is 1. The van der Waals surface area contributed by atoms with Gasteiger partial charge in [-0.15, -0.1) is 0 Å². The maximum Gasteiger partial charge on any atom is 0.412 e. The summed E-state index contributed by atoms with van der Waals surface area (Å²) in [5.74, 6) is 0.138. The second-order valence-electron chi connectivity index (χ2n) is 6.63. The number of hydrogen-bond acceptors (Lipinski definition) is 4. The summed E-state index contributed by atoms with van der Waals surface area (Å²) < 4.78 is 5.21. The van der Waals surface area contributed by atoms with Crippen molar-refractivity contribution in [1.82, 2.24) is 0 Å². The molecule has 1 aromatic carbocycles. The number of ether oxygens (including phenoxy) is 1. The van der Waals surface area contributed by atoms with Gasteiger partial charge in [0.05, 0.1) is 0 Å². The second-order valence-corrected chi connectivity index (χ2v) is 6.63. The van der Waals surface area contributed by atoms with Crippen molar-refractivity contribution in [2.45, 2.75) is 52.2 Å². The van der Waals surface area contributed by atoms with E-state index in [1.807, 2.05) is 13.8 Å². The van der Waals surface area contributed by atoms with Gasteiger partial charge in [-0.25, -0.2) is 4.79 Å². The molecule has 0 spiro atoms. The largest absolute Gasteiger partial charge is 0.508 e. The Hall–Kier alpha value is -1.75. The summed E-state index contributed by atoms with van der Waals surface area (Å²) in [5, 5.41) is 12.3. The Balaban J connectivity index is 2.92. The molecule has 5 heteroatoms. The smallest absolute Gasteiger partial charge is 0.412 e. The average molecular weight is 280 g/mol. The molecule has 0 fully saturated rings. The number of aromatic hydroxyl groups is 1. The number of carbonyl (C=O) groups is 1. The third-order valence-corrected chi connectivity index (χ3v) is 2.37. The Kier molecular flexibility index (Phi) is 4.65. The van der Waals surface area contributed by atoms with Crippen molar-refractivity contribution in [3.8, 4) is 5.75 Å². The standard InChI is InChI=1S/C15H24N2O3/c1-14(2,3)20-13(19)17-12-7-6-11(18)8-10(12)9-15(4,5)16/h6-8,18H,9,16H2,1-5H3,(H,17,19). The van der Waals surface area contributed by atoms with Crippen molar-refractivity contribution in [3.05, 3.63) is 23.8 Å². The number of anilines is 1. The van der Waals surface area contributed by atoms with Crippen LogP contribution in [0.3, 0.4) is 0 Å². The lowest BCUT2D eigenvalue weighted by molar-refractivity contribution is 0.0635. The Bertz CT molecular complexity index is 485. The van der Waals surface area contributed by atoms with Gasteiger partial charge in [-0.3, -0.25) is 5.32 Å². The van der Waals surface area contributed by atoms with E-state index in [2.05, 4.69) is 5.32 Å². The molecule has 0 radical (unpaired) electrons. The van der Waals surface area contributed by atoms with Crippen LogP contribution in [0.1, 0.15) is 40.2 Å². The predicted molar refractivity (Wildman–Crippen MR) is 79.9 cm³/mol. The maximum atomic E-state index is 11.8. The molecule has 1 rings (SSSR count). The molecule has 112 valence electrons. The zero-order valence-corrected chi connectivity index (χ0v) is 12.8.